The van der Waals surface area contributed by atoms with E-state index in [1.54, 1.807) is 11.8 Å². The third kappa shape index (κ3) is 4.11. The van der Waals surface area contributed by atoms with Gasteiger partial charge in [0.15, 0.2) is 5.69 Å². The summed E-state index contributed by atoms with van der Waals surface area (Å²) in [5.74, 6) is 1.34. The van der Waals surface area contributed by atoms with Crippen LogP contribution in [0.25, 0.3) is 11.3 Å². The van der Waals surface area contributed by atoms with Crippen molar-refractivity contribution in [3.05, 3.63) is 34.5 Å². The van der Waals surface area contributed by atoms with Crippen molar-refractivity contribution in [1.82, 2.24) is 19.6 Å². The zero-order chi connectivity index (χ0) is 21.4. The van der Waals surface area contributed by atoms with Gasteiger partial charge in [-0.25, -0.2) is 0 Å². The van der Waals surface area contributed by atoms with Crippen LogP contribution < -0.4 is 0 Å². The first-order valence-electron chi connectivity index (χ1n) is 10.9. The number of thioether (sulfide) groups is 1. The average Bonchev–Trinajstić information content (AvgIpc) is 3.20. The number of hydrogen-bond acceptors (Lipinski definition) is 5. The monoisotopic (exact) mass is 480 g/mol. The van der Waals surface area contributed by atoms with Crippen LogP contribution >= 0.6 is 35.0 Å². The van der Waals surface area contributed by atoms with Gasteiger partial charge in [-0.2, -0.15) is 5.10 Å². The van der Waals surface area contributed by atoms with E-state index in [9.17, 15) is 4.79 Å². The maximum absolute atomic E-state index is 13.4. The van der Waals surface area contributed by atoms with Gasteiger partial charge >= 0.3 is 0 Å². The molecule has 9 heteroatoms. The predicted octanol–water partition coefficient (Wildman–Crippen LogP) is 4.16. The number of benzene rings is 1. The largest absolute Gasteiger partial charge is 0.378 e. The number of aromatic nitrogens is 2. The molecule has 0 spiro atoms. The summed E-state index contributed by atoms with van der Waals surface area (Å²) in [6.45, 7) is 5.22. The topological polar surface area (TPSA) is 50.6 Å². The third-order valence-corrected chi connectivity index (χ3v) is 8.08. The third-order valence-electron chi connectivity index (χ3n) is 6.32. The Labute approximate surface area is 196 Å². The molecule has 31 heavy (non-hydrogen) atoms. The lowest BCUT2D eigenvalue weighted by molar-refractivity contribution is 0.0297. The van der Waals surface area contributed by atoms with E-state index in [1.165, 1.54) is 0 Å². The van der Waals surface area contributed by atoms with Crippen LogP contribution in [-0.2, 0) is 10.5 Å². The molecule has 0 bridgehead atoms. The number of rotatable bonds is 4. The van der Waals surface area contributed by atoms with Crippen molar-refractivity contribution in [3.63, 3.8) is 0 Å². The Balaban J connectivity index is 1.59. The Morgan fingerprint density at radius 3 is 2.90 bits per heavy atom. The summed E-state index contributed by atoms with van der Waals surface area (Å²) in [5.41, 5.74) is 3.77. The van der Waals surface area contributed by atoms with Crippen LogP contribution in [0.2, 0.25) is 5.02 Å². The van der Waals surface area contributed by atoms with E-state index in [1.807, 2.05) is 17.0 Å². The van der Waals surface area contributed by atoms with E-state index in [4.69, 9.17) is 33.0 Å². The smallest absolute Gasteiger partial charge is 0.274 e. The van der Waals surface area contributed by atoms with Crippen molar-refractivity contribution in [3.8, 4) is 11.3 Å². The molecule has 3 aliphatic heterocycles. The molecule has 4 heterocycles. The number of fused-ring (bicyclic) bond motifs is 3. The fourth-order valence-corrected chi connectivity index (χ4v) is 6.45. The number of likely N-dealkylation sites (tertiary alicyclic amines) is 1. The van der Waals surface area contributed by atoms with Gasteiger partial charge in [0.05, 0.1) is 30.0 Å². The number of ether oxygens (including phenoxy) is 1. The van der Waals surface area contributed by atoms with Crippen LogP contribution in [0.5, 0.6) is 0 Å². The normalized spacial score (nSPS) is 21.6. The average molecular weight is 481 g/mol. The quantitative estimate of drug-likeness (QED) is 0.614. The number of carbonyl (C=O) groups excluding carboxylic acids is 1. The molecule has 1 atom stereocenters. The number of morpholine rings is 1. The zero-order valence-corrected chi connectivity index (χ0v) is 19.7. The fourth-order valence-electron chi connectivity index (χ4n) is 4.78. The molecule has 0 aliphatic carbocycles. The van der Waals surface area contributed by atoms with Gasteiger partial charge in [-0.3, -0.25) is 9.48 Å². The van der Waals surface area contributed by atoms with Gasteiger partial charge in [0.25, 0.3) is 5.91 Å². The Morgan fingerprint density at radius 2 is 2.10 bits per heavy atom. The summed E-state index contributed by atoms with van der Waals surface area (Å²) in [6.07, 6.45) is 2.14. The van der Waals surface area contributed by atoms with Crippen LogP contribution in [0.4, 0.5) is 0 Å². The number of halogens is 2. The molecule has 2 aromatic rings. The molecule has 166 valence electrons. The molecule has 5 rings (SSSR count). The summed E-state index contributed by atoms with van der Waals surface area (Å²) < 4.78 is 7.56. The summed E-state index contributed by atoms with van der Waals surface area (Å²) in [5, 5.41) is 5.74. The standard InChI is InChI=1S/C22H26Cl2N4O2S/c23-6-8-26-7-2-3-15(13-26)28-20-16-4-1-5-18(24)21(16)31-14-17(20)19(25-28)22(29)27-9-11-30-12-10-27/h1,4-5,15H,2-3,6-14H2. The minimum absolute atomic E-state index is 0.0119. The molecule has 2 fully saturated rings. The minimum atomic E-state index is 0.0119. The lowest BCUT2D eigenvalue weighted by Gasteiger charge is -2.33. The molecule has 1 aromatic heterocycles. The van der Waals surface area contributed by atoms with Crippen molar-refractivity contribution in [2.45, 2.75) is 29.5 Å². The first-order chi connectivity index (χ1) is 15.2. The van der Waals surface area contributed by atoms with E-state index in [2.05, 4.69) is 15.6 Å². The molecular formula is C22H26Cl2N4O2S. The second-order valence-electron chi connectivity index (χ2n) is 8.22. The minimum Gasteiger partial charge on any atom is -0.378 e. The molecule has 1 unspecified atom stereocenters. The van der Waals surface area contributed by atoms with E-state index in [-0.39, 0.29) is 11.9 Å². The number of alkyl halides is 1. The van der Waals surface area contributed by atoms with Crippen molar-refractivity contribution in [1.29, 1.82) is 0 Å². The van der Waals surface area contributed by atoms with Crippen LogP contribution in [0.1, 0.15) is 34.9 Å². The molecule has 1 aromatic carbocycles. The Bertz CT molecular complexity index is 975. The number of nitrogens with zero attached hydrogens (tertiary/aromatic N) is 4. The predicted molar refractivity (Wildman–Crippen MR) is 124 cm³/mol. The first-order valence-corrected chi connectivity index (χ1v) is 12.8. The van der Waals surface area contributed by atoms with Crippen LogP contribution in [0.3, 0.4) is 0 Å². The number of piperidine rings is 1. The fraction of sp³-hybridized carbons (Fsp3) is 0.545. The van der Waals surface area contributed by atoms with Gasteiger partial charge < -0.3 is 14.5 Å². The van der Waals surface area contributed by atoms with Gasteiger partial charge in [0.1, 0.15) is 0 Å². The zero-order valence-electron chi connectivity index (χ0n) is 17.4. The summed E-state index contributed by atoms with van der Waals surface area (Å²) in [7, 11) is 0. The maximum atomic E-state index is 13.4. The highest BCUT2D eigenvalue weighted by atomic mass is 35.5. The number of amides is 1. The lowest BCUT2D eigenvalue weighted by Crippen LogP contribution is -2.41. The van der Waals surface area contributed by atoms with E-state index in [0.29, 0.717) is 43.6 Å². The van der Waals surface area contributed by atoms with Gasteiger partial charge in [-0.05, 0) is 25.5 Å². The molecule has 2 saturated heterocycles. The molecule has 3 aliphatic rings. The van der Waals surface area contributed by atoms with Crippen molar-refractivity contribution in [2.24, 2.45) is 0 Å². The highest BCUT2D eigenvalue weighted by Crippen LogP contribution is 2.47. The van der Waals surface area contributed by atoms with Crippen LogP contribution in [0.15, 0.2) is 23.1 Å². The van der Waals surface area contributed by atoms with E-state index < -0.39 is 0 Å². The van der Waals surface area contributed by atoms with Crippen molar-refractivity contribution >= 4 is 40.9 Å². The molecule has 1 amide bonds. The maximum Gasteiger partial charge on any atom is 0.274 e. The summed E-state index contributed by atoms with van der Waals surface area (Å²) in [6, 6.07) is 6.24. The second-order valence-corrected chi connectivity index (χ2v) is 9.99. The second kappa shape index (κ2) is 9.32. The van der Waals surface area contributed by atoms with Gasteiger partial charge in [0.2, 0.25) is 0 Å². The number of hydrogen-bond donors (Lipinski definition) is 0. The molecular weight excluding hydrogens is 455 g/mol. The van der Waals surface area contributed by atoms with E-state index in [0.717, 1.165) is 59.2 Å². The lowest BCUT2D eigenvalue weighted by atomic mass is 10.0. The van der Waals surface area contributed by atoms with Gasteiger partial charge in [-0.15, -0.1) is 23.4 Å². The molecule has 0 radical (unpaired) electrons. The van der Waals surface area contributed by atoms with Crippen molar-refractivity contribution < 1.29 is 9.53 Å². The van der Waals surface area contributed by atoms with Crippen molar-refractivity contribution in [2.75, 3.05) is 51.8 Å². The molecule has 6 nitrogen and oxygen atoms in total. The highest BCUT2D eigenvalue weighted by Gasteiger charge is 2.35. The van der Waals surface area contributed by atoms with Crippen LogP contribution in [-0.4, -0.2) is 77.3 Å². The van der Waals surface area contributed by atoms with E-state index >= 15 is 0 Å². The SMILES string of the molecule is O=C(c1nn(C2CCCN(CCCl)C2)c2c1CSc1c(Cl)cccc1-2)N1CCOCC1. The highest BCUT2D eigenvalue weighted by molar-refractivity contribution is 7.98. The summed E-state index contributed by atoms with van der Waals surface area (Å²) in [4.78, 5) is 18.8. The Morgan fingerprint density at radius 1 is 1.26 bits per heavy atom. The molecule has 0 saturated carbocycles. The van der Waals surface area contributed by atoms with Gasteiger partial charge in [0, 0.05) is 53.8 Å². The summed E-state index contributed by atoms with van der Waals surface area (Å²) >= 11 is 14.3. The Kier molecular flexibility index (Phi) is 6.49. The molecule has 0 N–H and O–H groups in total. The first kappa shape index (κ1) is 21.6. The van der Waals surface area contributed by atoms with Crippen LogP contribution in [0, 0.1) is 0 Å². The van der Waals surface area contributed by atoms with Gasteiger partial charge in [-0.1, -0.05) is 23.7 Å². The Hall–Kier alpha value is -1.25. The number of carbonyl (C=O) groups is 1.